The largest absolute Gasteiger partial charge is 0.496 e. The van der Waals surface area contributed by atoms with Crippen LogP contribution < -0.4 is 15.2 Å². The highest BCUT2D eigenvalue weighted by molar-refractivity contribution is 9.10. The number of nitrogens with two attached hydrogens (primary N) is 1. The summed E-state index contributed by atoms with van der Waals surface area (Å²) in [7, 11) is 3.13. The van der Waals surface area contributed by atoms with Gasteiger partial charge in [-0.2, -0.15) is 0 Å². The van der Waals surface area contributed by atoms with E-state index in [4.69, 9.17) is 20.3 Å². The Morgan fingerprint density at radius 3 is 2.31 bits per heavy atom. The lowest BCUT2D eigenvalue weighted by atomic mass is 10.1. The molecular weight excluding hydrogens is 297 g/mol. The van der Waals surface area contributed by atoms with Crippen LogP contribution in [0.25, 0.3) is 0 Å². The summed E-state index contributed by atoms with van der Waals surface area (Å²) in [5.41, 5.74) is 6.47. The maximum atomic E-state index is 9.01. The number of halogens is 2. The van der Waals surface area contributed by atoms with Gasteiger partial charge in [-0.15, -0.1) is 12.4 Å². The van der Waals surface area contributed by atoms with Crippen LogP contribution >= 0.6 is 28.3 Å². The van der Waals surface area contributed by atoms with Crippen molar-refractivity contribution in [2.45, 2.75) is 6.04 Å². The number of ether oxygens (including phenoxy) is 2. The molecule has 0 aliphatic carbocycles. The van der Waals surface area contributed by atoms with E-state index < -0.39 is 6.04 Å². The second-order valence-electron chi connectivity index (χ2n) is 3.02. The van der Waals surface area contributed by atoms with Crippen molar-refractivity contribution in [3.8, 4) is 11.5 Å². The summed E-state index contributed by atoms with van der Waals surface area (Å²) in [6.45, 7) is -0.138. The monoisotopic (exact) mass is 311 g/mol. The molecule has 0 aromatic heterocycles. The van der Waals surface area contributed by atoms with Crippen LogP contribution in [0.3, 0.4) is 0 Å². The zero-order valence-corrected chi connectivity index (χ0v) is 11.5. The van der Waals surface area contributed by atoms with E-state index in [2.05, 4.69) is 15.9 Å². The maximum absolute atomic E-state index is 9.01. The third kappa shape index (κ3) is 3.25. The highest BCUT2D eigenvalue weighted by Crippen LogP contribution is 2.34. The number of aliphatic hydroxyl groups is 1. The van der Waals surface area contributed by atoms with Crippen molar-refractivity contribution in [2.75, 3.05) is 20.8 Å². The molecule has 0 aliphatic rings. The third-order valence-electron chi connectivity index (χ3n) is 2.10. The summed E-state index contributed by atoms with van der Waals surface area (Å²) >= 11 is 3.34. The zero-order chi connectivity index (χ0) is 11.4. The van der Waals surface area contributed by atoms with Gasteiger partial charge in [0.15, 0.2) is 0 Å². The van der Waals surface area contributed by atoms with E-state index in [-0.39, 0.29) is 19.0 Å². The second-order valence-corrected chi connectivity index (χ2v) is 3.87. The Bertz CT molecular complexity index is 349. The average molecular weight is 313 g/mol. The summed E-state index contributed by atoms with van der Waals surface area (Å²) in [6.07, 6.45) is 0. The molecule has 0 fully saturated rings. The quantitative estimate of drug-likeness (QED) is 0.891. The molecule has 0 amide bonds. The number of hydrogen-bond acceptors (Lipinski definition) is 4. The van der Waals surface area contributed by atoms with Crippen LogP contribution in [0.1, 0.15) is 11.6 Å². The number of rotatable bonds is 4. The van der Waals surface area contributed by atoms with E-state index in [1.54, 1.807) is 26.4 Å². The predicted octanol–water partition coefficient (Wildman–Crippen LogP) is 1.88. The Kier molecular flexibility index (Phi) is 6.74. The minimum atomic E-state index is -0.470. The molecule has 1 atom stereocenters. The Balaban J connectivity index is 0.00000225. The van der Waals surface area contributed by atoms with Crippen molar-refractivity contribution in [2.24, 2.45) is 5.73 Å². The molecule has 0 aliphatic heterocycles. The molecule has 92 valence electrons. The minimum absolute atomic E-state index is 0. The van der Waals surface area contributed by atoms with Gasteiger partial charge >= 0.3 is 0 Å². The fourth-order valence-corrected chi connectivity index (χ4v) is 1.76. The van der Waals surface area contributed by atoms with Crippen LogP contribution in [0.15, 0.2) is 16.6 Å². The molecule has 0 saturated carbocycles. The summed E-state index contributed by atoms with van der Waals surface area (Å²) in [5.74, 6) is 1.29. The van der Waals surface area contributed by atoms with Gasteiger partial charge in [0.2, 0.25) is 0 Å². The molecule has 0 radical (unpaired) electrons. The van der Waals surface area contributed by atoms with Crippen LogP contribution in [0, 0.1) is 0 Å². The molecule has 0 spiro atoms. The topological polar surface area (TPSA) is 64.7 Å². The highest BCUT2D eigenvalue weighted by atomic mass is 79.9. The lowest BCUT2D eigenvalue weighted by molar-refractivity contribution is 0.264. The number of aliphatic hydroxyl groups excluding tert-OH is 1. The van der Waals surface area contributed by atoms with Gasteiger partial charge in [-0.1, -0.05) is 0 Å². The van der Waals surface area contributed by atoms with Crippen molar-refractivity contribution in [3.63, 3.8) is 0 Å². The van der Waals surface area contributed by atoms with E-state index in [0.717, 1.165) is 10.0 Å². The fraction of sp³-hybridized carbons (Fsp3) is 0.400. The lowest BCUT2D eigenvalue weighted by Crippen LogP contribution is -2.15. The number of benzene rings is 1. The van der Waals surface area contributed by atoms with Gasteiger partial charge in [-0.05, 0) is 28.1 Å². The Labute approximate surface area is 109 Å². The molecule has 0 saturated heterocycles. The van der Waals surface area contributed by atoms with Crippen molar-refractivity contribution in [1.82, 2.24) is 0 Å². The van der Waals surface area contributed by atoms with Gasteiger partial charge in [0.25, 0.3) is 0 Å². The van der Waals surface area contributed by atoms with Crippen molar-refractivity contribution < 1.29 is 14.6 Å². The van der Waals surface area contributed by atoms with Gasteiger partial charge in [0.05, 0.1) is 31.3 Å². The van der Waals surface area contributed by atoms with E-state index in [9.17, 15) is 0 Å². The lowest BCUT2D eigenvalue weighted by Gasteiger charge is -2.15. The van der Waals surface area contributed by atoms with Crippen LogP contribution in [0.4, 0.5) is 0 Å². The Hall–Kier alpha value is -0.490. The molecule has 1 aromatic carbocycles. The molecule has 1 aromatic rings. The molecule has 3 N–H and O–H groups in total. The van der Waals surface area contributed by atoms with E-state index >= 15 is 0 Å². The smallest absolute Gasteiger partial charge is 0.133 e. The molecule has 16 heavy (non-hydrogen) atoms. The molecule has 0 heterocycles. The van der Waals surface area contributed by atoms with Crippen molar-refractivity contribution in [3.05, 3.63) is 22.2 Å². The third-order valence-corrected chi connectivity index (χ3v) is 2.72. The second kappa shape index (κ2) is 6.96. The van der Waals surface area contributed by atoms with Crippen molar-refractivity contribution in [1.29, 1.82) is 0 Å². The SMILES string of the molecule is COc1cc([C@@H](N)CO)c(OC)cc1Br.Cl. The molecule has 0 unspecified atom stereocenters. The first-order valence-corrected chi connectivity index (χ1v) is 5.21. The first kappa shape index (κ1) is 15.5. The van der Waals surface area contributed by atoms with Gasteiger partial charge in [0.1, 0.15) is 11.5 Å². The maximum Gasteiger partial charge on any atom is 0.133 e. The molecule has 1 rings (SSSR count). The van der Waals surface area contributed by atoms with Gasteiger partial charge < -0.3 is 20.3 Å². The molecule has 6 heteroatoms. The van der Waals surface area contributed by atoms with E-state index in [1.165, 1.54) is 0 Å². The Morgan fingerprint density at radius 2 is 1.88 bits per heavy atom. The molecule has 4 nitrogen and oxygen atoms in total. The van der Waals surface area contributed by atoms with Gasteiger partial charge in [0, 0.05) is 5.56 Å². The summed E-state index contributed by atoms with van der Waals surface area (Å²) < 4.78 is 11.1. The highest BCUT2D eigenvalue weighted by Gasteiger charge is 2.14. The van der Waals surface area contributed by atoms with Crippen LogP contribution in [0.5, 0.6) is 11.5 Å². The average Bonchev–Trinajstić information content (AvgIpc) is 2.27. The minimum Gasteiger partial charge on any atom is -0.496 e. The standard InChI is InChI=1S/C10H14BrNO3.ClH/c1-14-9-4-7(11)10(15-2)3-6(9)8(12)5-13;/h3-4,8,13H,5,12H2,1-2H3;1H/t8-;/m0./s1. The van der Waals surface area contributed by atoms with E-state index in [1.807, 2.05) is 0 Å². The predicted molar refractivity (Wildman–Crippen MR) is 68.5 cm³/mol. The molecular formula is C10H15BrClNO3. The Morgan fingerprint density at radius 1 is 1.31 bits per heavy atom. The number of hydrogen-bond donors (Lipinski definition) is 2. The van der Waals surface area contributed by atoms with Gasteiger partial charge in [-0.3, -0.25) is 0 Å². The summed E-state index contributed by atoms with van der Waals surface area (Å²) in [5, 5.41) is 9.01. The first-order valence-electron chi connectivity index (χ1n) is 4.41. The van der Waals surface area contributed by atoms with Gasteiger partial charge in [-0.25, -0.2) is 0 Å². The van der Waals surface area contributed by atoms with E-state index in [0.29, 0.717) is 11.5 Å². The fourth-order valence-electron chi connectivity index (χ4n) is 1.27. The van der Waals surface area contributed by atoms with Crippen LogP contribution in [-0.4, -0.2) is 25.9 Å². The molecule has 0 bridgehead atoms. The van der Waals surface area contributed by atoms with Crippen LogP contribution in [0.2, 0.25) is 0 Å². The van der Waals surface area contributed by atoms with Crippen molar-refractivity contribution >= 4 is 28.3 Å². The number of methoxy groups -OCH3 is 2. The normalized spacial score (nSPS) is 11.6. The summed E-state index contributed by atoms with van der Waals surface area (Å²) in [6, 6.07) is 3.05. The zero-order valence-electron chi connectivity index (χ0n) is 9.07. The summed E-state index contributed by atoms with van der Waals surface area (Å²) in [4.78, 5) is 0. The first-order chi connectivity index (χ1) is 7.13. The van der Waals surface area contributed by atoms with Crippen LogP contribution in [-0.2, 0) is 0 Å².